The quantitative estimate of drug-likeness (QED) is 0.743. The van der Waals surface area contributed by atoms with Crippen LogP contribution in [-0.2, 0) is 22.3 Å². The van der Waals surface area contributed by atoms with Crippen LogP contribution in [0.15, 0.2) is 12.1 Å². The van der Waals surface area contributed by atoms with Crippen molar-refractivity contribution in [3.8, 4) is 0 Å². The number of aryl methyl sites for hydroxylation is 2. The summed E-state index contributed by atoms with van der Waals surface area (Å²) in [6, 6.07) is 4.52. The number of rotatable bonds is 5. The monoisotopic (exact) mass is 246 g/mol. The van der Waals surface area contributed by atoms with Gasteiger partial charge in [0.15, 0.2) is 0 Å². The average Bonchev–Trinajstić information content (AvgIpc) is 2.68. The fraction of sp³-hybridized carbons (Fsp3) is 0.600. The zero-order valence-corrected chi connectivity index (χ0v) is 12.0. The first kappa shape index (κ1) is 13.6. The minimum atomic E-state index is -0.160. The van der Waals surface area contributed by atoms with Gasteiger partial charge in [0.2, 0.25) is 0 Å². The molecule has 0 radical (unpaired) electrons. The summed E-state index contributed by atoms with van der Waals surface area (Å²) in [5.74, 6) is 0. The van der Waals surface area contributed by atoms with Crippen LogP contribution in [-0.4, -0.2) is 13.2 Å². The molecule has 2 nitrogen and oxygen atoms in total. The molecular formula is C15H23BO2. The third kappa shape index (κ3) is 2.96. The topological polar surface area (TPSA) is 18.5 Å². The van der Waals surface area contributed by atoms with Gasteiger partial charge in [-0.3, -0.25) is 0 Å². The van der Waals surface area contributed by atoms with Crippen LogP contribution >= 0.6 is 0 Å². The Hall–Kier alpha value is -0.795. The van der Waals surface area contributed by atoms with Gasteiger partial charge >= 0.3 is 7.12 Å². The van der Waals surface area contributed by atoms with E-state index in [-0.39, 0.29) is 13.2 Å². The van der Waals surface area contributed by atoms with Gasteiger partial charge < -0.3 is 9.31 Å². The van der Waals surface area contributed by atoms with Crippen molar-refractivity contribution in [1.82, 2.24) is 0 Å². The average molecular weight is 246 g/mol. The lowest BCUT2D eigenvalue weighted by Gasteiger charge is -2.15. The second-order valence-corrected chi connectivity index (χ2v) is 5.43. The van der Waals surface area contributed by atoms with Crippen molar-refractivity contribution in [3.05, 3.63) is 28.8 Å². The molecule has 0 aliphatic carbocycles. The van der Waals surface area contributed by atoms with Gasteiger partial charge in [0.1, 0.15) is 0 Å². The molecular weight excluding hydrogens is 223 g/mol. The summed E-state index contributed by atoms with van der Waals surface area (Å²) >= 11 is 0. The zero-order valence-electron chi connectivity index (χ0n) is 12.0. The molecule has 1 aliphatic rings. The van der Waals surface area contributed by atoms with Gasteiger partial charge in [-0.05, 0) is 50.2 Å². The maximum absolute atomic E-state index is 5.88. The summed E-state index contributed by atoms with van der Waals surface area (Å²) in [6.07, 6.45) is 3.77. The molecule has 98 valence electrons. The molecule has 0 N–H and O–H groups in total. The number of unbranched alkanes of at least 4 members (excludes halogenated alkanes) is 1. The summed E-state index contributed by atoms with van der Waals surface area (Å²) in [4.78, 5) is 0. The molecule has 18 heavy (non-hydrogen) atoms. The Morgan fingerprint density at radius 1 is 1.39 bits per heavy atom. The molecule has 0 aromatic heterocycles. The molecule has 0 saturated carbocycles. The Labute approximate surface area is 111 Å². The zero-order chi connectivity index (χ0) is 13.1. The Morgan fingerprint density at radius 3 is 2.83 bits per heavy atom. The molecule has 0 saturated heterocycles. The Balaban J connectivity index is 2.29. The van der Waals surface area contributed by atoms with E-state index in [1.54, 1.807) is 0 Å². The second kappa shape index (κ2) is 5.90. The standard InChI is InChI=1S/C15H23BO2/c1-5-6-7-13-8-12(4)9-14-10-17-16(15(13)14)18-11(2)3/h8-9,11H,5-7,10H2,1-4H3. The third-order valence-electron chi connectivity index (χ3n) is 3.32. The molecule has 0 atom stereocenters. The molecule has 0 unspecified atom stereocenters. The van der Waals surface area contributed by atoms with Crippen molar-refractivity contribution < 1.29 is 9.31 Å². The number of hydrogen-bond donors (Lipinski definition) is 0. The lowest BCUT2D eigenvalue weighted by atomic mass is 9.73. The molecule has 1 heterocycles. The van der Waals surface area contributed by atoms with E-state index in [9.17, 15) is 0 Å². The molecule has 0 bridgehead atoms. The van der Waals surface area contributed by atoms with Crippen molar-refractivity contribution in [1.29, 1.82) is 0 Å². The van der Waals surface area contributed by atoms with E-state index in [2.05, 4.69) is 39.8 Å². The van der Waals surface area contributed by atoms with E-state index < -0.39 is 0 Å². The fourth-order valence-electron chi connectivity index (χ4n) is 2.55. The summed E-state index contributed by atoms with van der Waals surface area (Å²) in [5, 5.41) is 0. The number of hydrogen-bond acceptors (Lipinski definition) is 2. The minimum absolute atomic E-state index is 0.160. The van der Waals surface area contributed by atoms with E-state index in [0.29, 0.717) is 6.61 Å². The van der Waals surface area contributed by atoms with E-state index in [1.165, 1.54) is 35.0 Å². The van der Waals surface area contributed by atoms with Crippen LogP contribution in [0.1, 0.15) is 50.3 Å². The number of fused-ring (bicyclic) bond motifs is 1. The largest absolute Gasteiger partial charge is 0.494 e. The van der Waals surface area contributed by atoms with Gasteiger partial charge in [0.05, 0.1) is 6.61 Å². The van der Waals surface area contributed by atoms with Crippen molar-refractivity contribution in [2.75, 3.05) is 0 Å². The Morgan fingerprint density at radius 2 is 2.17 bits per heavy atom. The molecule has 1 aliphatic heterocycles. The van der Waals surface area contributed by atoms with E-state index in [0.717, 1.165) is 6.42 Å². The summed E-state index contributed by atoms with van der Waals surface area (Å²) in [5.41, 5.74) is 5.35. The van der Waals surface area contributed by atoms with Crippen molar-refractivity contribution >= 4 is 12.6 Å². The highest BCUT2D eigenvalue weighted by Crippen LogP contribution is 2.19. The second-order valence-electron chi connectivity index (χ2n) is 5.43. The molecule has 3 heteroatoms. The lowest BCUT2D eigenvalue weighted by Crippen LogP contribution is -2.37. The van der Waals surface area contributed by atoms with Gasteiger partial charge in [-0.25, -0.2) is 0 Å². The maximum Gasteiger partial charge on any atom is 0.494 e. The highest BCUT2D eigenvalue weighted by atomic mass is 16.6. The predicted molar refractivity (Wildman–Crippen MR) is 76.2 cm³/mol. The molecule has 2 rings (SSSR count). The van der Waals surface area contributed by atoms with E-state index in [1.807, 2.05) is 0 Å². The first-order chi connectivity index (χ1) is 8.61. The third-order valence-corrected chi connectivity index (χ3v) is 3.32. The van der Waals surface area contributed by atoms with Crippen molar-refractivity contribution in [2.45, 2.75) is 59.7 Å². The van der Waals surface area contributed by atoms with Crippen LogP contribution in [0.25, 0.3) is 0 Å². The predicted octanol–water partition coefficient (Wildman–Crippen LogP) is 2.99. The molecule has 0 amide bonds. The Bertz CT molecular complexity index is 415. The van der Waals surface area contributed by atoms with Gasteiger partial charge in [-0.1, -0.05) is 31.0 Å². The van der Waals surface area contributed by atoms with Gasteiger partial charge in [-0.2, -0.15) is 0 Å². The molecule has 0 spiro atoms. The van der Waals surface area contributed by atoms with Crippen LogP contribution in [0.4, 0.5) is 0 Å². The van der Waals surface area contributed by atoms with Gasteiger partial charge in [0.25, 0.3) is 0 Å². The number of benzene rings is 1. The highest BCUT2D eigenvalue weighted by molar-refractivity contribution is 6.63. The SMILES string of the molecule is CCCCc1cc(C)cc2c1B(OC(C)C)OC2. The van der Waals surface area contributed by atoms with Gasteiger partial charge in [-0.15, -0.1) is 0 Å². The summed E-state index contributed by atoms with van der Waals surface area (Å²) in [7, 11) is -0.160. The minimum Gasteiger partial charge on any atom is -0.405 e. The van der Waals surface area contributed by atoms with Crippen LogP contribution < -0.4 is 5.46 Å². The van der Waals surface area contributed by atoms with Crippen molar-refractivity contribution in [3.63, 3.8) is 0 Å². The molecule has 1 aromatic rings. The summed E-state index contributed by atoms with van der Waals surface area (Å²) in [6.45, 7) is 9.19. The van der Waals surface area contributed by atoms with Crippen LogP contribution in [0.2, 0.25) is 0 Å². The van der Waals surface area contributed by atoms with Crippen LogP contribution in [0.5, 0.6) is 0 Å². The molecule has 0 fully saturated rings. The first-order valence-electron chi connectivity index (χ1n) is 7.01. The van der Waals surface area contributed by atoms with Crippen LogP contribution in [0, 0.1) is 6.92 Å². The van der Waals surface area contributed by atoms with Crippen molar-refractivity contribution in [2.24, 2.45) is 0 Å². The fourth-order valence-corrected chi connectivity index (χ4v) is 2.55. The normalized spacial score (nSPS) is 14.4. The van der Waals surface area contributed by atoms with Gasteiger partial charge in [0, 0.05) is 6.10 Å². The van der Waals surface area contributed by atoms with E-state index >= 15 is 0 Å². The first-order valence-corrected chi connectivity index (χ1v) is 7.01. The molecule has 1 aromatic carbocycles. The smallest absolute Gasteiger partial charge is 0.405 e. The highest BCUT2D eigenvalue weighted by Gasteiger charge is 2.33. The summed E-state index contributed by atoms with van der Waals surface area (Å²) < 4.78 is 11.7. The Kier molecular flexibility index (Phi) is 4.47. The van der Waals surface area contributed by atoms with E-state index in [4.69, 9.17) is 9.31 Å². The maximum atomic E-state index is 5.88. The van der Waals surface area contributed by atoms with Crippen LogP contribution in [0.3, 0.4) is 0 Å². The lowest BCUT2D eigenvalue weighted by molar-refractivity contribution is 0.170.